The first kappa shape index (κ1) is 22.8. The van der Waals surface area contributed by atoms with Crippen LogP contribution in [0.1, 0.15) is 18.1 Å². The van der Waals surface area contributed by atoms with Crippen molar-refractivity contribution in [2.24, 2.45) is 5.73 Å². The van der Waals surface area contributed by atoms with E-state index >= 15 is 0 Å². The quantitative estimate of drug-likeness (QED) is 0.434. The van der Waals surface area contributed by atoms with Gasteiger partial charge < -0.3 is 26.0 Å². The fourth-order valence-electron chi connectivity index (χ4n) is 3.03. The van der Waals surface area contributed by atoms with Gasteiger partial charge in [0.15, 0.2) is 11.5 Å². The largest absolute Gasteiger partial charge is 0.504 e. The average Bonchev–Trinajstić information content (AvgIpc) is 2.80. The van der Waals surface area contributed by atoms with Crippen molar-refractivity contribution >= 4 is 11.6 Å². The summed E-state index contributed by atoms with van der Waals surface area (Å²) in [6.45, 7) is 1.26. The molecule has 0 aliphatic rings. The number of nitrogens with zero attached hydrogens (tertiary/aromatic N) is 1. The number of aliphatic hydroxyl groups is 1. The van der Waals surface area contributed by atoms with Crippen LogP contribution in [-0.4, -0.2) is 34.9 Å². The van der Waals surface area contributed by atoms with Crippen LogP contribution in [0.4, 0.5) is 5.69 Å². The van der Waals surface area contributed by atoms with Gasteiger partial charge in [0.1, 0.15) is 5.54 Å². The number of aromatic hydroxyl groups is 1. The van der Waals surface area contributed by atoms with E-state index in [9.17, 15) is 15.2 Å². The molecule has 0 aromatic heterocycles. The number of amides is 1. The molecule has 0 fully saturated rings. The second kappa shape index (κ2) is 9.96. The second-order valence-corrected chi connectivity index (χ2v) is 7.66. The molecule has 0 saturated heterocycles. The molecule has 7 heteroatoms. The number of nitrogens with one attached hydrogen (secondary N) is 1. The molecule has 0 spiro atoms. The van der Waals surface area contributed by atoms with Crippen LogP contribution >= 0.6 is 0 Å². The van der Waals surface area contributed by atoms with Crippen molar-refractivity contribution in [2.45, 2.75) is 18.9 Å². The number of benzene rings is 3. The maximum Gasteiger partial charge on any atom is 0.246 e. The summed E-state index contributed by atoms with van der Waals surface area (Å²) in [6.07, 6.45) is 0.625. The minimum absolute atomic E-state index is 0.117. The molecule has 3 aromatic carbocycles. The van der Waals surface area contributed by atoms with Crippen LogP contribution < -0.4 is 15.8 Å². The van der Waals surface area contributed by atoms with Crippen molar-refractivity contribution in [3.05, 3.63) is 77.9 Å². The number of nitrogens with two attached hydrogens (primary N) is 1. The topological polar surface area (TPSA) is 129 Å². The summed E-state index contributed by atoms with van der Waals surface area (Å²) in [6, 6.07) is 22.1. The van der Waals surface area contributed by atoms with E-state index in [-0.39, 0.29) is 5.75 Å². The summed E-state index contributed by atoms with van der Waals surface area (Å²) in [7, 11) is 0. The van der Waals surface area contributed by atoms with Crippen LogP contribution in [0.25, 0.3) is 11.1 Å². The van der Waals surface area contributed by atoms with Crippen LogP contribution in [0, 0.1) is 11.3 Å². The molecule has 0 aliphatic heterocycles. The van der Waals surface area contributed by atoms with Crippen molar-refractivity contribution in [1.29, 1.82) is 5.26 Å². The summed E-state index contributed by atoms with van der Waals surface area (Å²) in [5.74, 6) is -0.386. The van der Waals surface area contributed by atoms with E-state index in [1.54, 1.807) is 18.2 Å². The van der Waals surface area contributed by atoms with E-state index in [1.165, 1.54) is 13.0 Å². The average molecular weight is 431 g/mol. The van der Waals surface area contributed by atoms with E-state index in [1.807, 2.05) is 42.5 Å². The highest BCUT2D eigenvalue weighted by atomic mass is 16.5. The molecular weight excluding hydrogens is 406 g/mol. The van der Waals surface area contributed by atoms with Gasteiger partial charge in [0, 0.05) is 18.2 Å². The number of aliphatic hydroxyl groups excluding tert-OH is 1. The molecule has 0 saturated carbocycles. The molecule has 5 N–H and O–H groups in total. The number of rotatable bonds is 8. The SMILES string of the molecule is C[C@](N)(CO)C(=O)Nc1ccc(OCCc2ccc(-c3ccccc3C#N)cc2)c(O)c1. The first-order valence-corrected chi connectivity index (χ1v) is 10.1. The number of phenols is 1. The Hall–Kier alpha value is -3.86. The van der Waals surface area contributed by atoms with Gasteiger partial charge in [-0.05, 0) is 41.8 Å². The zero-order valence-electron chi connectivity index (χ0n) is 17.7. The van der Waals surface area contributed by atoms with Gasteiger partial charge in [-0.2, -0.15) is 5.26 Å². The fraction of sp³-hybridized carbons (Fsp3) is 0.200. The smallest absolute Gasteiger partial charge is 0.246 e. The highest BCUT2D eigenvalue weighted by Crippen LogP contribution is 2.29. The van der Waals surface area contributed by atoms with Gasteiger partial charge in [-0.1, -0.05) is 42.5 Å². The lowest BCUT2D eigenvalue weighted by Crippen LogP contribution is -2.51. The van der Waals surface area contributed by atoms with Crippen molar-refractivity contribution in [3.8, 4) is 28.7 Å². The second-order valence-electron chi connectivity index (χ2n) is 7.66. The number of phenolic OH excluding ortho intramolecular Hbond substituents is 1. The first-order chi connectivity index (χ1) is 15.3. The predicted molar refractivity (Wildman–Crippen MR) is 122 cm³/mol. The van der Waals surface area contributed by atoms with Gasteiger partial charge in [0.2, 0.25) is 5.91 Å². The fourth-order valence-corrected chi connectivity index (χ4v) is 3.03. The lowest BCUT2D eigenvalue weighted by atomic mass is 9.99. The predicted octanol–water partition coefficient (Wildman–Crippen LogP) is 3.20. The number of nitriles is 1. The standard InChI is InChI=1S/C25H25N3O4/c1-25(27,16-29)24(31)28-20-10-11-23(22(30)14-20)32-13-12-17-6-8-18(9-7-17)21-5-3-2-4-19(21)15-26/h2-11,14,29-30H,12-13,16,27H2,1H3,(H,28,31)/t25-/m0/s1. The molecule has 32 heavy (non-hydrogen) atoms. The van der Waals surface area contributed by atoms with Gasteiger partial charge in [-0.25, -0.2) is 0 Å². The van der Waals surface area contributed by atoms with Gasteiger partial charge in [-0.3, -0.25) is 4.79 Å². The Balaban J connectivity index is 1.57. The Kier molecular flexibility index (Phi) is 7.11. The van der Waals surface area contributed by atoms with Crippen LogP contribution in [0.5, 0.6) is 11.5 Å². The van der Waals surface area contributed by atoms with Crippen molar-refractivity contribution < 1.29 is 19.7 Å². The molecular formula is C25H25N3O4. The summed E-state index contributed by atoms with van der Waals surface area (Å²) in [5, 5.41) is 31.2. The molecule has 0 aliphatic carbocycles. The van der Waals surface area contributed by atoms with Crippen LogP contribution in [0.15, 0.2) is 66.7 Å². The number of carbonyl (C=O) groups is 1. The molecule has 7 nitrogen and oxygen atoms in total. The van der Waals surface area contributed by atoms with Gasteiger partial charge >= 0.3 is 0 Å². The molecule has 0 unspecified atom stereocenters. The Morgan fingerprint density at radius 2 is 1.88 bits per heavy atom. The maximum atomic E-state index is 12.0. The van der Waals surface area contributed by atoms with E-state index in [0.29, 0.717) is 30.0 Å². The van der Waals surface area contributed by atoms with E-state index in [4.69, 9.17) is 15.6 Å². The van der Waals surface area contributed by atoms with Crippen LogP contribution in [0.3, 0.4) is 0 Å². The minimum Gasteiger partial charge on any atom is -0.504 e. The molecule has 3 rings (SSSR count). The molecule has 0 radical (unpaired) electrons. The third-order valence-electron chi connectivity index (χ3n) is 5.02. The Morgan fingerprint density at radius 3 is 2.53 bits per heavy atom. The summed E-state index contributed by atoms with van der Waals surface area (Å²) < 4.78 is 5.67. The summed E-state index contributed by atoms with van der Waals surface area (Å²) in [5.41, 5.74) is 8.16. The molecule has 0 heterocycles. The Bertz CT molecular complexity index is 1130. The molecule has 1 amide bonds. The Morgan fingerprint density at radius 1 is 1.16 bits per heavy atom. The molecule has 3 aromatic rings. The van der Waals surface area contributed by atoms with E-state index < -0.39 is 18.1 Å². The highest BCUT2D eigenvalue weighted by Gasteiger charge is 2.27. The normalized spacial score (nSPS) is 12.4. The maximum absolute atomic E-state index is 12.0. The number of hydrogen-bond donors (Lipinski definition) is 4. The number of anilines is 1. The van der Waals surface area contributed by atoms with Crippen LogP contribution in [0.2, 0.25) is 0 Å². The minimum atomic E-state index is -1.42. The molecule has 164 valence electrons. The van der Waals surface area contributed by atoms with Crippen molar-refractivity contribution in [1.82, 2.24) is 0 Å². The van der Waals surface area contributed by atoms with Gasteiger partial charge in [0.25, 0.3) is 0 Å². The van der Waals surface area contributed by atoms with Crippen molar-refractivity contribution in [2.75, 3.05) is 18.5 Å². The highest BCUT2D eigenvalue weighted by molar-refractivity contribution is 5.98. The molecule has 1 atom stereocenters. The zero-order valence-corrected chi connectivity index (χ0v) is 17.7. The number of ether oxygens (including phenoxy) is 1. The summed E-state index contributed by atoms with van der Waals surface area (Å²) >= 11 is 0. The van der Waals surface area contributed by atoms with Crippen LogP contribution in [-0.2, 0) is 11.2 Å². The monoisotopic (exact) mass is 431 g/mol. The molecule has 0 bridgehead atoms. The lowest BCUT2D eigenvalue weighted by molar-refractivity contribution is -0.121. The lowest BCUT2D eigenvalue weighted by Gasteiger charge is -2.20. The van der Waals surface area contributed by atoms with Crippen molar-refractivity contribution in [3.63, 3.8) is 0 Å². The van der Waals surface area contributed by atoms with E-state index in [0.717, 1.165) is 16.7 Å². The third kappa shape index (κ3) is 5.43. The third-order valence-corrected chi connectivity index (χ3v) is 5.02. The van der Waals surface area contributed by atoms with Gasteiger partial charge in [0.05, 0.1) is 24.8 Å². The first-order valence-electron chi connectivity index (χ1n) is 10.1. The zero-order chi connectivity index (χ0) is 23.1. The van der Waals surface area contributed by atoms with E-state index in [2.05, 4.69) is 11.4 Å². The van der Waals surface area contributed by atoms with Gasteiger partial charge in [-0.15, -0.1) is 0 Å². The number of hydrogen-bond acceptors (Lipinski definition) is 6. The Labute approximate surface area is 186 Å². The number of carbonyl (C=O) groups excluding carboxylic acids is 1. The summed E-state index contributed by atoms with van der Waals surface area (Å²) in [4.78, 5) is 12.0.